The molecule has 0 aliphatic carbocycles. The fourth-order valence-corrected chi connectivity index (χ4v) is 1.97. The van der Waals surface area contributed by atoms with Gasteiger partial charge in [0.25, 0.3) is 5.56 Å². The SMILES string of the molecule is CNCc1cc(=O)[nH]c(Cc2cccc(C(F)(F)F)c2)n1. The molecule has 1 heterocycles. The molecule has 0 bridgehead atoms. The molecule has 2 aromatic rings. The molecule has 1 aromatic carbocycles. The first-order chi connectivity index (χ1) is 9.88. The Morgan fingerprint density at radius 3 is 2.71 bits per heavy atom. The molecule has 0 aliphatic rings. The summed E-state index contributed by atoms with van der Waals surface area (Å²) >= 11 is 0. The first kappa shape index (κ1) is 15.2. The van der Waals surface area contributed by atoms with E-state index in [1.807, 2.05) is 0 Å². The highest BCUT2D eigenvalue weighted by Crippen LogP contribution is 2.29. The molecule has 4 nitrogen and oxygen atoms in total. The fraction of sp³-hybridized carbons (Fsp3) is 0.286. The fourth-order valence-electron chi connectivity index (χ4n) is 1.97. The summed E-state index contributed by atoms with van der Waals surface area (Å²) in [5.74, 6) is 0.340. The van der Waals surface area contributed by atoms with Crippen molar-refractivity contribution in [1.29, 1.82) is 0 Å². The van der Waals surface area contributed by atoms with Gasteiger partial charge in [-0.1, -0.05) is 18.2 Å². The van der Waals surface area contributed by atoms with Gasteiger partial charge in [0.2, 0.25) is 0 Å². The molecule has 2 rings (SSSR count). The molecule has 0 unspecified atom stereocenters. The van der Waals surface area contributed by atoms with Gasteiger partial charge in [-0.25, -0.2) is 4.98 Å². The molecule has 7 heteroatoms. The molecule has 0 radical (unpaired) electrons. The lowest BCUT2D eigenvalue weighted by atomic mass is 10.1. The topological polar surface area (TPSA) is 57.8 Å². The Kier molecular flexibility index (Phi) is 4.42. The van der Waals surface area contributed by atoms with E-state index < -0.39 is 11.7 Å². The number of nitrogens with zero attached hydrogens (tertiary/aromatic N) is 1. The van der Waals surface area contributed by atoms with Crippen LogP contribution in [0.5, 0.6) is 0 Å². The van der Waals surface area contributed by atoms with Gasteiger partial charge in [0.1, 0.15) is 5.82 Å². The minimum absolute atomic E-state index is 0.136. The summed E-state index contributed by atoms with van der Waals surface area (Å²) in [6, 6.07) is 6.33. The Morgan fingerprint density at radius 2 is 2.05 bits per heavy atom. The van der Waals surface area contributed by atoms with Gasteiger partial charge >= 0.3 is 6.18 Å². The molecule has 0 spiro atoms. The first-order valence-electron chi connectivity index (χ1n) is 6.28. The third kappa shape index (κ3) is 4.16. The molecule has 2 N–H and O–H groups in total. The van der Waals surface area contributed by atoms with Crippen molar-refractivity contribution in [2.24, 2.45) is 0 Å². The standard InChI is InChI=1S/C14H14F3N3O/c1-18-8-11-7-13(21)20-12(19-11)6-9-3-2-4-10(5-9)14(15,16)17/h2-5,7,18H,6,8H2,1H3,(H,19,20,21). The molecule has 0 amide bonds. The minimum Gasteiger partial charge on any atom is -0.314 e. The van der Waals surface area contributed by atoms with Gasteiger partial charge in [-0.15, -0.1) is 0 Å². The number of nitrogens with one attached hydrogen (secondary N) is 2. The van der Waals surface area contributed by atoms with Crippen LogP contribution >= 0.6 is 0 Å². The van der Waals surface area contributed by atoms with Crippen LogP contribution in [-0.4, -0.2) is 17.0 Å². The Hall–Kier alpha value is -2.15. The number of rotatable bonds is 4. The largest absolute Gasteiger partial charge is 0.416 e. The molecular weight excluding hydrogens is 283 g/mol. The van der Waals surface area contributed by atoms with E-state index in [2.05, 4.69) is 15.3 Å². The van der Waals surface area contributed by atoms with Gasteiger partial charge in [-0.2, -0.15) is 13.2 Å². The van der Waals surface area contributed by atoms with Crippen molar-refractivity contribution in [3.63, 3.8) is 0 Å². The van der Waals surface area contributed by atoms with Crippen molar-refractivity contribution >= 4 is 0 Å². The normalized spacial score (nSPS) is 11.6. The van der Waals surface area contributed by atoms with Crippen LogP contribution in [0.2, 0.25) is 0 Å². The van der Waals surface area contributed by atoms with Crippen molar-refractivity contribution in [2.45, 2.75) is 19.1 Å². The van der Waals surface area contributed by atoms with Crippen molar-refractivity contribution in [3.8, 4) is 0 Å². The lowest BCUT2D eigenvalue weighted by Gasteiger charge is -2.09. The predicted molar refractivity (Wildman–Crippen MR) is 71.9 cm³/mol. The van der Waals surface area contributed by atoms with E-state index in [-0.39, 0.29) is 12.0 Å². The van der Waals surface area contributed by atoms with E-state index in [1.54, 1.807) is 13.1 Å². The van der Waals surface area contributed by atoms with Gasteiger partial charge in [-0.05, 0) is 18.7 Å². The van der Waals surface area contributed by atoms with E-state index in [4.69, 9.17) is 0 Å². The van der Waals surface area contributed by atoms with Gasteiger partial charge in [-0.3, -0.25) is 4.79 Å². The van der Waals surface area contributed by atoms with Crippen molar-refractivity contribution in [2.75, 3.05) is 7.05 Å². The highest BCUT2D eigenvalue weighted by Gasteiger charge is 2.30. The molecule has 0 saturated heterocycles. The van der Waals surface area contributed by atoms with Crippen LogP contribution in [0.1, 0.15) is 22.6 Å². The molecule has 0 aliphatic heterocycles. The van der Waals surface area contributed by atoms with Crippen molar-refractivity contribution < 1.29 is 13.2 Å². The number of alkyl halides is 3. The Bertz CT molecular complexity index is 680. The van der Waals surface area contributed by atoms with Crippen LogP contribution in [0.25, 0.3) is 0 Å². The Labute approximate surface area is 119 Å². The zero-order chi connectivity index (χ0) is 15.5. The van der Waals surface area contributed by atoms with Crippen LogP contribution in [0.15, 0.2) is 35.1 Å². The summed E-state index contributed by atoms with van der Waals surface area (Å²) in [6.07, 6.45) is -4.25. The van der Waals surface area contributed by atoms with E-state index in [0.29, 0.717) is 23.6 Å². The number of aromatic nitrogens is 2. The molecule has 1 aromatic heterocycles. The second-order valence-electron chi connectivity index (χ2n) is 4.59. The lowest BCUT2D eigenvalue weighted by Crippen LogP contribution is -2.16. The number of benzene rings is 1. The number of H-pyrrole nitrogens is 1. The molecular formula is C14H14F3N3O. The summed E-state index contributed by atoms with van der Waals surface area (Å²) in [5.41, 5.74) is -0.0521. The molecule has 112 valence electrons. The first-order valence-corrected chi connectivity index (χ1v) is 6.28. The van der Waals surface area contributed by atoms with Crippen LogP contribution < -0.4 is 10.9 Å². The van der Waals surface area contributed by atoms with E-state index in [0.717, 1.165) is 12.1 Å². The maximum Gasteiger partial charge on any atom is 0.416 e. The molecule has 0 fully saturated rings. The molecule has 0 saturated carbocycles. The average molecular weight is 297 g/mol. The number of hydrogen-bond acceptors (Lipinski definition) is 3. The van der Waals surface area contributed by atoms with Gasteiger partial charge in [0, 0.05) is 19.0 Å². The van der Waals surface area contributed by atoms with Gasteiger partial charge in [0.15, 0.2) is 0 Å². The lowest BCUT2D eigenvalue weighted by molar-refractivity contribution is -0.137. The smallest absolute Gasteiger partial charge is 0.314 e. The van der Waals surface area contributed by atoms with Crippen molar-refractivity contribution in [3.05, 3.63) is 63.3 Å². The summed E-state index contributed by atoms with van der Waals surface area (Å²) in [4.78, 5) is 18.2. The summed E-state index contributed by atoms with van der Waals surface area (Å²) in [6.45, 7) is 0.416. The highest BCUT2D eigenvalue weighted by atomic mass is 19.4. The second-order valence-corrected chi connectivity index (χ2v) is 4.59. The number of hydrogen-bond donors (Lipinski definition) is 2. The molecule has 21 heavy (non-hydrogen) atoms. The molecule has 0 atom stereocenters. The Morgan fingerprint density at radius 1 is 1.29 bits per heavy atom. The monoisotopic (exact) mass is 297 g/mol. The summed E-state index contributed by atoms with van der Waals surface area (Å²) in [5, 5.41) is 2.87. The minimum atomic E-state index is -4.38. The zero-order valence-electron chi connectivity index (χ0n) is 11.3. The maximum absolute atomic E-state index is 12.7. The van der Waals surface area contributed by atoms with Crippen LogP contribution in [0.4, 0.5) is 13.2 Å². The third-order valence-electron chi connectivity index (χ3n) is 2.83. The van der Waals surface area contributed by atoms with Gasteiger partial charge < -0.3 is 10.3 Å². The average Bonchev–Trinajstić information content (AvgIpc) is 2.37. The third-order valence-corrected chi connectivity index (χ3v) is 2.83. The number of halogens is 3. The summed E-state index contributed by atoms with van der Waals surface area (Å²) in [7, 11) is 1.72. The maximum atomic E-state index is 12.7. The van der Waals surface area contributed by atoms with E-state index >= 15 is 0 Å². The quantitative estimate of drug-likeness (QED) is 0.908. The highest BCUT2D eigenvalue weighted by molar-refractivity contribution is 5.27. The van der Waals surface area contributed by atoms with Crippen LogP contribution in [0.3, 0.4) is 0 Å². The zero-order valence-corrected chi connectivity index (χ0v) is 11.3. The predicted octanol–water partition coefficient (Wildman–Crippen LogP) is 2.10. The van der Waals surface area contributed by atoms with Crippen molar-refractivity contribution in [1.82, 2.24) is 15.3 Å². The number of aromatic amines is 1. The van der Waals surface area contributed by atoms with Gasteiger partial charge in [0.05, 0.1) is 11.3 Å². The van der Waals surface area contributed by atoms with Crippen LogP contribution in [0, 0.1) is 0 Å². The van der Waals surface area contributed by atoms with Crippen LogP contribution in [-0.2, 0) is 19.1 Å². The Balaban J connectivity index is 2.28. The van der Waals surface area contributed by atoms with E-state index in [1.165, 1.54) is 12.1 Å². The summed E-state index contributed by atoms with van der Waals surface area (Å²) < 4.78 is 38.0. The second kappa shape index (κ2) is 6.09. The van der Waals surface area contributed by atoms with E-state index in [9.17, 15) is 18.0 Å².